The number of nitrogens with one attached hydrogen (secondary N) is 1. The van der Waals surface area contributed by atoms with E-state index in [1.165, 1.54) is 0 Å². The number of hydrogen-bond acceptors (Lipinski definition) is 4. The second-order valence-electron chi connectivity index (χ2n) is 7.29. The van der Waals surface area contributed by atoms with Crippen LogP contribution in [0.4, 0.5) is 8.78 Å². The molecule has 1 spiro atoms. The van der Waals surface area contributed by atoms with Gasteiger partial charge < -0.3 is 5.32 Å². The van der Waals surface area contributed by atoms with Crippen molar-refractivity contribution < 1.29 is 22.0 Å². The number of carbonyl (C=O) groups excluding carboxylic acids is 1. The number of halogens is 2. The van der Waals surface area contributed by atoms with Crippen molar-refractivity contribution >= 4 is 21.6 Å². The highest BCUT2D eigenvalue weighted by molar-refractivity contribution is 7.89. The highest BCUT2D eigenvalue weighted by atomic mass is 32.2. The van der Waals surface area contributed by atoms with Gasteiger partial charge in [0.25, 0.3) is 5.91 Å². The zero-order valence-electron chi connectivity index (χ0n) is 15.7. The normalized spacial score (nSPS) is 19.3. The molecule has 1 saturated heterocycles. The number of sulfonamides is 1. The average Bonchev–Trinajstić information content (AvgIpc) is 2.98. The van der Waals surface area contributed by atoms with Crippen LogP contribution >= 0.6 is 0 Å². The SMILES string of the molecule is Cc1ccc(C2=NC3(CCN(S(=O)(=O)c4ccc(F)cc4F)CC3)NC2=O)cc1. The summed E-state index contributed by atoms with van der Waals surface area (Å²) in [6.45, 7) is 2.07. The lowest BCUT2D eigenvalue weighted by atomic mass is 10.00. The van der Waals surface area contributed by atoms with Gasteiger partial charge in [-0.15, -0.1) is 0 Å². The highest BCUT2D eigenvalue weighted by Crippen LogP contribution is 2.32. The first-order chi connectivity index (χ1) is 13.7. The summed E-state index contributed by atoms with van der Waals surface area (Å²) in [5, 5.41) is 2.88. The van der Waals surface area contributed by atoms with Crippen LogP contribution in [0.5, 0.6) is 0 Å². The van der Waals surface area contributed by atoms with Gasteiger partial charge in [-0.2, -0.15) is 4.31 Å². The second-order valence-corrected chi connectivity index (χ2v) is 9.20. The van der Waals surface area contributed by atoms with Gasteiger partial charge in [-0.25, -0.2) is 17.2 Å². The molecule has 4 rings (SSSR count). The highest BCUT2D eigenvalue weighted by Gasteiger charge is 2.44. The molecule has 1 N–H and O–H groups in total. The van der Waals surface area contributed by atoms with E-state index in [4.69, 9.17) is 0 Å². The van der Waals surface area contributed by atoms with Gasteiger partial charge >= 0.3 is 0 Å². The van der Waals surface area contributed by atoms with Crippen molar-refractivity contribution in [3.63, 3.8) is 0 Å². The Hall–Kier alpha value is -2.65. The molecule has 9 heteroatoms. The molecular formula is C20H19F2N3O3S. The first-order valence-electron chi connectivity index (χ1n) is 9.15. The van der Waals surface area contributed by atoms with Crippen molar-refractivity contribution in [2.45, 2.75) is 30.3 Å². The van der Waals surface area contributed by atoms with Gasteiger partial charge in [0.05, 0.1) is 0 Å². The Kier molecular flexibility index (Phi) is 4.74. The maximum absolute atomic E-state index is 14.0. The van der Waals surface area contributed by atoms with Gasteiger partial charge in [-0.1, -0.05) is 29.8 Å². The fraction of sp³-hybridized carbons (Fsp3) is 0.300. The predicted molar refractivity (Wildman–Crippen MR) is 103 cm³/mol. The van der Waals surface area contributed by atoms with E-state index in [0.717, 1.165) is 22.0 Å². The standard InChI is InChI=1S/C20H19F2N3O3S/c1-13-2-4-14(5-3-13)18-19(26)24-20(23-18)8-10-25(11-9-20)29(27,28)17-7-6-15(21)12-16(17)22/h2-7,12H,8-11H2,1H3,(H,24,26). The van der Waals surface area contributed by atoms with Crippen LogP contribution in [0.2, 0.25) is 0 Å². The number of rotatable bonds is 3. The molecule has 1 amide bonds. The molecule has 2 aliphatic rings. The smallest absolute Gasteiger partial charge is 0.272 e. The molecule has 0 aromatic heterocycles. The van der Waals surface area contributed by atoms with Crippen molar-refractivity contribution in [1.29, 1.82) is 0 Å². The van der Waals surface area contributed by atoms with Gasteiger partial charge in [0.15, 0.2) is 0 Å². The first kappa shape index (κ1) is 19.7. The average molecular weight is 419 g/mol. The van der Waals surface area contributed by atoms with E-state index in [-0.39, 0.29) is 31.8 Å². The molecule has 2 aliphatic heterocycles. The van der Waals surface area contributed by atoms with Crippen LogP contribution in [0.3, 0.4) is 0 Å². The molecule has 0 saturated carbocycles. The second kappa shape index (κ2) is 7.00. The van der Waals surface area contributed by atoms with Crippen LogP contribution in [-0.2, 0) is 14.8 Å². The van der Waals surface area contributed by atoms with Crippen molar-refractivity contribution in [3.05, 3.63) is 65.2 Å². The van der Waals surface area contributed by atoms with Gasteiger partial charge in [-0.05, 0) is 19.1 Å². The predicted octanol–water partition coefficient (Wildman–Crippen LogP) is 2.37. The molecule has 2 aromatic rings. The van der Waals surface area contributed by atoms with Gasteiger partial charge in [0.1, 0.15) is 27.9 Å². The summed E-state index contributed by atoms with van der Waals surface area (Å²) in [6.07, 6.45) is 0.520. The lowest BCUT2D eigenvalue weighted by Crippen LogP contribution is -2.52. The molecule has 1 fully saturated rings. The Morgan fingerprint density at radius 2 is 1.72 bits per heavy atom. The van der Waals surface area contributed by atoms with Crippen LogP contribution in [0, 0.1) is 18.6 Å². The van der Waals surface area contributed by atoms with Crippen molar-refractivity contribution in [2.24, 2.45) is 4.99 Å². The fourth-order valence-corrected chi connectivity index (χ4v) is 5.11. The summed E-state index contributed by atoms with van der Waals surface area (Å²) in [4.78, 5) is 16.5. The maximum atomic E-state index is 14.0. The minimum Gasteiger partial charge on any atom is -0.326 e. The number of hydrogen-bond donors (Lipinski definition) is 1. The van der Waals surface area contributed by atoms with Crippen molar-refractivity contribution in [2.75, 3.05) is 13.1 Å². The Labute approximate surface area is 167 Å². The van der Waals surface area contributed by atoms with Gasteiger partial charge in [0.2, 0.25) is 10.0 Å². The number of carbonyl (C=O) groups is 1. The number of amides is 1. The number of aryl methyl sites for hydroxylation is 1. The topological polar surface area (TPSA) is 78.8 Å². The number of piperidine rings is 1. The molecule has 152 valence electrons. The molecule has 2 aromatic carbocycles. The van der Waals surface area contributed by atoms with Gasteiger partial charge in [-0.3, -0.25) is 9.79 Å². The van der Waals surface area contributed by atoms with Crippen LogP contribution in [-0.4, -0.2) is 43.1 Å². The van der Waals surface area contributed by atoms with E-state index in [0.29, 0.717) is 17.3 Å². The van der Waals surface area contributed by atoms with Crippen LogP contribution in [0.25, 0.3) is 0 Å². The Morgan fingerprint density at radius 1 is 1.07 bits per heavy atom. The molecule has 0 unspecified atom stereocenters. The quantitative estimate of drug-likeness (QED) is 0.830. The third-order valence-corrected chi connectivity index (χ3v) is 7.21. The zero-order chi connectivity index (χ0) is 20.8. The van der Waals surface area contributed by atoms with Crippen molar-refractivity contribution in [3.8, 4) is 0 Å². The van der Waals surface area contributed by atoms with E-state index >= 15 is 0 Å². The summed E-state index contributed by atoms with van der Waals surface area (Å²) in [5.74, 6) is -2.26. The monoisotopic (exact) mass is 419 g/mol. The summed E-state index contributed by atoms with van der Waals surface area (Å²) < 4.78 is 53.7. The Morgan fingerprint density at radius 3 is 2.34 bits per heavy atom. The van der Waals surface area contributed by atoms with E-state index in [2.05, 4.69) is 10.3 Å². The lowest BCUT2D eigenvalue weighted by Gasteiger charge is -2.36. The van der Waals surface area contributed by atoms with E-state index < -0.39 is 32.2 Å². The van der Waals surface area contributed by atoms with Crippen molar-refractivity contribution in [1.82, 2.24) is 9.62 Å². The third-order valence-electron chi connectivity index (χ3n) is 5.27. The molecule has 29 heavy (non-hydrogen) atoms. The molecular weight excluding hydrogens is 400 g/mol. The lowest BCUT2D eigenvalue weighted by molar-refractivity contribution is -0.115. The zero-order valence-corrected chi connectivity index (χ0v) is 16.5. The summed E-state index contributed by atoms with van der Waals surface area (Å²) in [5.41, 5.74) is 1.22. The van der Waals surface area contributed by atoms with Gasteiger partial charge in [0, 0.05) is 37.6 Å². The van der Waals surface area contributed by atoms with E-state index in [1.807, 2.05) is 31.2 Å². The summed E-state index contributed by atoms with van der Waals surface area (Å²) in [7, 11) is -4.11. The van der Waals surface area contributed by atoms with Crippen LogP contribution < -0.4 is 5.32 Å². The number of aliphatic imine (C=N–C) groups is 1. The molecule has 6 nitrogen and oxygen atoms in total. The van der Waals surface area contributed by atoms with E-state index in [9.17, 15) is 22.0 Å². The van der Waals surface area contributed by atoms with E-state index in [1.54, 1.807) is 0 Å². The first-order valence-corrected chi connectivity index (χ1v) is 10.6. The Bertz CT molecular complexity index is 1110. The van der Waals surface area contributed by atoms with Crippen LogP contribution in [0.1, 0.15) is 24.0 Å². The molecule has 0 atom stereocenters. The maximum Gasteiger partial charge on any atom is 0.272 e. The fourth-order valence-electron chi connectivity index (χ4n) is 3.63. The largest absolute Gasteiger partial charge is 0.326 e. The summed E-state index contributed by atoms with van der Waals surface area (Å²) >= 11 is 0. The molecule has 2 heterocycles. The third kappa shape index (κ3) is 3.56. The summed E-state index contributed by atoms with van der Waals surface area (Å²) in [6, 6.07) is 9.82. The molecule has 0 bridgehead atoms. The minimum atomic E-state index is -4.11. The Balaban J connectivity index is 1.54. The molecule has 0 aliphatic carbocycles. The minimum absolute atomic E-state index is 0.0596. The number of benzene rings is 2. The number of nitrogens with zero attached hydrogens (tertiary/aromatic N) is 2. The molecule has 0 radical (unpaired) electrons. The van der Waals surface area contributed by atoms with Crippen LogP contribution in [0.15, 0.2) is 52.4 Å².